The van der Waals surface area contributed by atoms with Crippen LogP contribution in [0.2, 0.25) is 0 Å². The van der Waals surface area contributed by atoms with Crippen LogP contribution in [0, 0.1) is 0 Å². The summed E-state index contributed by atoms with van der Waals surface area (Å²) < 4.78 is 0. The van der Waals surface area contributed by atoms with Crippen LogP contribution >= 0.6 is 0 Å². The minimum Gasteiger partial charge on any atom is -0.333 e. The molecule has 1 aromatic carbocycles. The summed E-state index contributed by atoms with van der Waals surface area (Å²) in [7, 11) is 1.85. The van der Waals surface area contributed by atoms with Gasteiger partial charge in [-0.05, 0) is 24.1 Å². The highest BCUT2D eigenvalue weighted by molar-refractivity contribution is 5.76. The van der Waals surface area contributed by atoms with Gasteiger partial charge >= 0.3 is 0 Å². The first-order valence-corrected chi connectivity index (χ1v) is 6.95. The standard InChI is InChI=1S/C17H20N2O/c1-3-9-16(20)19(2)17(14-10-5-4-6-11-14)15-12-7-8-13-18-15/h4-8,10-13,17H,3,9H2,1-2H3/t17-/m0/s1. The van der Waals surface area contributed by atoms with Crippen molar-refractivity contribution in [2.24, 2.45) is 0 Å². The van der Waals surface area contributed by atoms with Crippen molar-refractivity contribution in [3.05, 3.63) is 66.0 Å². The average molecular weight is 268 g/mol. The van der Waals surface area contributed by atoms with Gasteiger partial charge in [-0.1, -0.05) is 43.3 Å². The third-order valence-corrected chi connectivity index (χ3v) is 3.33. The molecule has 0 aliphatic rings. The van der Waals surface area contributed by atoms with Gasteiger partial charge in [-0.15, -0.1) is 0 Å². The van der Waals surface area contributed by atoms with E-state index in [9.17, 15) is 4.79 Å². The van der Waals surface area contributed by atoms with Gasteiger partial charge in [-0.3, -0.25) is 9.78 Å². The lowest BCUT2D eigenvalue weighted by molar-refractivity contribution is -0.131. The Morgan fingerprint density at radius 2 is 1.85 bits per heavy atom. The van der Waals surface area contributed by atoms with Crippen LogP contribution in [-0.4, -0.2) is 22.8 Å². The summed E-state index contributed by atoms with van der Waals surface area (Å²) in [6.45, 7) is 2.02. The van der Waals surface area contributed by atoms with E-state index in [0.717, 1.165) is 17.7 Å². The Kier molecular flexibility index (Phi) is 4.88. The molecular weight excluding hydrogens is 248 g/mol. The first-order chi connectivity index (χ1) is 9.74. The smallest absolute Gasteiger partial charge is 0.223 e. The number of amides is 1. The summed E-state index contributed by atoms with van der Waals surface area (Å²) >= 11 is 0. The molecule has 1 aromatic heterocycles. The maximum atomic E-state index is 12.2. The van der Waals surface area contributed by atoms with E-state index in [0.29, 0.717) is 6.42 Å². The lowest BCUT2D eigenvalue weighted by Gasteiger charge is -2.28. The Labute approximate surface area is 120 Å². The van der Waals surface area contributed by atoms with E-state index in [1.165, 1.54) is 0 Å². The third-order valence-electron chi connectivity index (χ3n) is 3.33. The zero-order valence-corrected chi connectivity index (χ0v) is 12.0. The highest BCUT2D eigenvalue weighted by Gasteiger charge is 2.23. The molecule has 2 rings (SSSR count). The predicted molar refractivity (Wildman–Crippen MR) is 80.2 cm³/mol. The van der Waals surface area contributed by atoms with Gasteiger partial charge in [0.05, 0.1) is 11.7 Å². The highest BCUT2D eigenvalue weighted by atomic mass is 16.2. The van der Waals surface area contributed by atoms with Gasteiger partial charge in [0.25, 0.3) is 0 Å². The second-order valence-electron chi connectivity index (χ2n) is 4.82. The van der Waals surface area contributed by atoms with Crippen molar-refractivity contribution in [2.75, 3.05) is 7.05 Å². The Balaban J connectivity index is 2.37. The molecule has 3 heteroatoms. The summed E-state index contributed by atoms with van der Waals surface area (Å²) in [5, 5.41) is 0. The van der Waals surface area contributed by atoms with Crippen molar-refractivity contribution in [1.29, 1.82) is 0 Å². The second kappa shape index (κ2) is 6.85. The molecule has 20 heavy (non-hydrogen) atoms. The number of rotatable bonds is 5. The quantitative estimate of drug-likeness (QED) is 0.832. The van der Waals surface area contributed by atoms with E-state index in [2.05, 4.69) is 4.98 Å². The molecule has 0 unspecified atom stereocenters. The minimum atomic E-state index is -0.128. The van der Waals surface area contributed by atoms with E-state index >= 15 is 0 Å². The summed E-state index contributed by atoms with van der Waals surface area (Å²) in [5.41, 5.74) is 1.98. The molecule has 0 N–H and O–H groups in total. The maximum absolute atomic E-state index is 12.2. The monoisotopic (exact) mass is 268 g/mol. The van der Waals surface area contributed by atoms with Crippen molar-refractivity contribution >= 4 is 5.91 Å². The van der Waals surface area contributed by atoms with Crippen LogP contribution in [0.1, 0.15) is 37.1 Å². The van der Waals surface area contributed by atoms with Crippen LogP contribution in [-0.2, 0) is 4.79 Å². The number of hydrogen-bond donors (Lipinski definition) is 0. The molecule has 3 nitrogen and oxygen atoms in total. The molecule has 0 radical (unpaired) electrons. The zero-order chi connectivity index (χ0) is 14.4. The zero-order valence-electron chi connectivity index (χ0n) is 12.0. The largest absolute Gasteiger partial charge is 0.333 e. The summed E-state index contributed by atoms with van der Waals surface area (Å²) in [5.74, 6) is 0.145. The first kappa shape index (κ1) is 14.3. The molecule has 0 fully saturated rings. The lowest BCUT2D eigenvalue weighted by Crippen LogP contribution is -2.32. The van der Waals surface area contributed by atoms with E-state index in [1.54, 1.807) is 11.1 Å². The van der Waals surface area contributed by atoms with Crippen LogP contribution in [0.15, 0.2) is 54.7 Å². The average Bonchev–Trinajstić information content (AvgIpc) is 2.50. The van der Waals surface area contributed by atoms with Gasteiger partial charge in [-0.2, -0.15) is 0 Å². The topological polar surface area (TPSA) is 33.2 Å². The van der Waals surface area contributed by atoms with Crippen LogP contribution in [0.3, 0.4) is 0 Å². The number of hydrogen-bond acceptors (Lipinski definition) is 2. The third kappa shape index (κ3) is 3.23. The van der Waals surface area contributed by atoms with Crippen molar-refractivity contribution in [3.8, 4) is 0 Å². The lowest BCUT2D eigenvalue weighted by atomic mass is 10.0. The summed E-state index contributed by atoms with van der Waals surface area (Å²) in [6.07, 6.45) is 3.18. The molecule has 0 bridgehead atoms. The van der Waals surface area contributed by atoms with Crippen molar-refractivity contribution < 1.29 is 4.79 Å². The van der Waals surface area contributed by atoms with Crippen molar-refractivity contribution in [1.82, 2.24) is 9.88 Å². The molecule has 2 aromatic rings. The molecule has 1 heterocycles. The SMILES string of the molecule is CCCC(=O)N(C)[C@@H](c1ccccc1)c1ccccn1. The Bertz CT molecular complexity index is 500. The van der Waals surface area contributed by atoms with Crippen LogP contribution in [0.25, 0.3) is 0 Å². The number of carbonyl (C=O) groups excluding carboxylic acids is 1. The van der Waals surface area contributed by atoms with Crippen molar-refractivity contribution in [3.63, 3.8) is 0 Å². The van der Waals surface area contributed by atoms with E-state index in [-0.39, 0.29) is 11.9 Å². The predicted octanol–water partition coefficient (Wildman–Crippen LogP) is 3.43. The van der Waals surface area contributed by atoms with Gasteiger partial charge in [-0.25, -0.2) is 0 Å². The fourth-order valence-corrected chi connectivity index (χ4v) is 2.30. The molecule has 1 atom stereocenters. The second-order valence-corrected chi connectivity index (χ2v) is 4.82. The van der Waals surface area contributed by atoms with Crippen LogP contribution in [0.4, 0.5) is 0 Å². The highest BCUT2D eigenvalue weighted by Crippen LogP contribution is 2.26. The fraction of sp³-hybridized carbons (Fsp3) is 0.294. The molecular formula is C17H20N2O. The Morgan fingerprint density at radius 1 is 1.15 bits per heavy atom. The molecule has 104 valence electrons. The van der Waals surface area contributed by atoms with Gasteiger partial charge in [0.15, 0.2) is 0 Å². The molecule has 0 saturated carbocycles. The molecule has 0 saturated heterocycles. The maximum Gasteiger partial charge on any atom is 0.223 e. The fourth-order valence-electron chi connectivity index (χ4n) is 2.30. The number of benzene rings is 1. The molecule has 1 amide bonds. The van der Waals surface area contributed by atoms with Gasteiger partial charge in [0.1, 0.15) is 0 Å². The Hall–Kier alpha value is -2.16. The van der Waals surface area contributed by atoms with E-state index in [1.807, 2.05) is 62.5 Å². The normalized spacial score (nSPS) is 11.9. The van der Waals surface area contributed by atoms with Crippen LogP contribution < -0.4 is 0 Å². The summed E-state index contributed by atoms with van der Waals surface area (Å²) in [6, 6.07) is 15.7. The van der Waals surface area contributed by atoms with E-state index < -0.39 is 0 Å². The number of carbonyl (C=O) groups is 1. The van der Waals surface area contributed by atoms with Crippen molar-refractivity contribution in [2.45, 2.75) is 25.8 Å². The van der Waals surface area contributed by atoms with Crippen LogP contribution in [0.5, 0.6) is 0 Å². The molecule has 0 spiro atoms. The van der Waals surface area contributed by atoms with E-state index in [4.69, 9.17) is 0 Å². The van der Waals surface area contributed by atoms with Gasteiger partial charge in [0.2, 0.25) is 5.91 Å². The number of pyridine rings is 1. The van der Waals surface area contributed by atoms with Gasteiger partial charge in [0, 0.05) is 19.7 Å². The number of aromatic nitrogens is 1. The van der Waals surface area contributed by atoms with Gasteiger partial charge < -0.3 is 4.90 Å². The summed E-state index contributed by atoms with van der Waals surface area (Å²) in [4.78, 5) is 18.4. The minimum absolute atomic E-state index is 0.128. The molecule has 0 aliphatic heterocycles. The first-order valence-electron chi connectivity index (χ1n) is 6.95. The number of nitrogens with zero attached hydrogens (tertiary/aromatic N) is 2. The Morgan fingerprint density at radius 3 is 2.45 bits per heavy atom. The molecule has 0 aliphatic carbocycles.